The number of hydrogen-bond acceptors (Lipinski definition) is 12. The van der Waals surface area contributed by atoms with Crippen molar-refractivity contribution in [2.75, 3.05) is 35.0 Å². The minimum absolute atomic E-state index is 0.113. The fourth-order valence-electron chi connectivity index (χ4n) is 7.26. The van der Waals surface area contributed by atoms with Gasteiger partial charge in [-0.15, -0.1) is 0 Å². The third-order valence-electron chi connectivity index (χ3n) is 9.48. The average Bonchev–Trinajstić information content (AvgIpc) is 3.49. The van der Waals surface area contributed by atoms with E-state index in [0.717, 1.165) is 0 Å². The molecule has 12 nitrogen and oxygen atoms in total. The molecule has 2 heterocycles. The Bertz CT molecular complexity index is 1560. The number of fused-ring (bicyclic) bond motifs is 3. The van der Waals surface area contributed by atoms with Gasteiger partial charge in [-0.25, -0.2) is 0 Å². The molecule has 252 valence electrons. The highest BCUT2D eigenvalue weighted by atomic mass is 16.8. The quantitative estimate of drug-likeness (QED) is 0.276. The third kappa shape index (κ3) is 5.11. The fraction of sp³-hybridized carbons (Fsp3) is 0.457. The average molecular weight is 653 g/mol. The summed E-state index contributed by atoms with van der Waals surface area (Å²) in [5, 5.41) is 35.6. The third-order valence-corrected chi connectivity index (χ3v) is 9.48. The Labute approximate surface area is 272 Å². The molecule has 3 aromatic carbocycles. The van der Waals surface area contributed by atoms with E-state index in [-0.39, 0.29) is 29.4 Å². The van der Waals surface area contributed by atoms with E-state index in [4.69, 9.17) is 37.9 Å². The normalized spacial score (nSPS) is 31.7. The second-order valence-corrected chi connectivity index (χ2v) is 11.8. The summed E-state index contributed by atoms with van der Waals surface area (Å²) in [4.78, 5) is 13.5. The lowest BCUT2D eigenvalue weighted by Crippen LogP contribution is -2.52. The number of benzene rings is 3. The SMILES string of the molecule is CCC(O)C1COC(OC)C(Oc2cc(OC)c3c(c2)O[C@@]2(c4ccc(OC)cc4)C(c4ccccc4)C(C(=O)OC)C(O)[C@@]32O)O1. The molecule has 1 saturated heterocycles. The molecule has 0 aromatic heterocycles. The van der Waals surface area contributed by atoms with Crippen LogP contribution < -0.4 is 18.9 Å². The second kappa shape index (κ2) is 12.9. The largest absolute Gasteiger partial charge is 0.497 e. The van der Waals surface area contributed by atoms with E-state index >= 15 is 0 Å². The highest BCUT2D eigenvalue weighted by Crippen LogP contribution is 2.70. The van der Waals surface area contributed by atoms with E-state index in [9.17, 15) is 20.1 Å². The molecule has 3 aliphatic rings. The van der Waals surface area contributed by atoms with Crippen molar-refractivity contribution in [3.8, 4) is 23.0 Å². The van der Waals surface area contributed by atoms with Crippen molar-refractivity contribution in [1.82, 2.24) is 0 Å². The van der Waals surface area contributed by atoms with E-state index in [2.05, 4.69) is 0 Å². The van der Waals surface area contributed by atoms with Crippen LogP contribution in [-0.4, -0.2) is 87.2 Å². The van der Waals surface area contributed by atoms with Gasteiger partial charge in [-0.1, -0.05) is 49.4 Å². The minimum atomic E-state index is -2.23. The van der Waals surface area contributed by atoms with Gasteiger partial charge < -0.3 is 53.2 Å². The van der Waals surface area contributed by atoms with E-state index < -0.39 is 59.9 Å². The van der Waals surface area contributed by atoms with Crippen LogP contribution >= 0.6 is 0 Å². The van der Waals surface area contributed by atoms with Crippen molar-refractivity contribution in [3.63, 3.8) is 0 Å². The van der Waals surface area contributed by atoms with Crippen LogP contribution in [0.25, 0.3) is 0 Å². The zero-order valence-electron chi connectivity index (χ0n) is 26.8. The van der Waals surface area contributed by atoms with Gasteiger partial charge in [-0.3, -0.25) is 4.79 Å². The predicted octanol–water partition coefficient (Wildman–Crippen LogP) is 2.99. The Balaban J connectivity index is 1.52. The van der Waals surface area contributed by atoms with Gasteiger partial charge in [0.1, 0.15) is 35.2 Å². The van der Waals surface area contributed by atoms with Crippen molar-refractivity contribution >= 4 is 5.97 Å². The summed E-state index contributed by atoms with van der Waals surface area (Å²) in [5.74, 6) is -1.83. The molecule has 9 atom stereocenters. The molecule has 2 aliphatic heterocycles. The number of aliphatic hydroxyl groups is 3. The molecule has 2 fully saturated rings. The number of methoxy groups -OCH3 is 4. The standard InChI is InChI=1S/C35H40O12/c1-6-23(36)26-18-44-32(43-5)33(46-26)45-22-16-24(41-3)29-25(17-22)47-35(20-12-14-21(40-2)15-13-20)28(19-10-8-7-9-11-19)27(31(38)42-4)30(37)34(29,35)39/h7-17,23,26-28,30,32-33,36-37,39H,6,18H2,1-5H3/t23?,26?,27?,28?,30?,32?,33?,34-,35-/m0/s1. The predicted molar refractivity (Wildman–Crippen MR) is 165 cm³/mol. The van der Waals surface area contributed by atoms with E-state index in [1.54, 1.807) is 30.3 Å². The first-order chi connectivity index (χ1) is 22.7. The van der Waals surface area contributed by atoms with Gasteiger partial charge in [0.25, 0.3) is 6.29 Å². The Morgan fingerprint density at radius 1 is 0.979 bits per heavy atom. The van der Waals surface area contributed by atoms with Gasteiger partial charge in [0.15, 0.2) is 11.2 Å². The second-order valence-electron chi connectivity index (χ2n) is 11.8. The van der Waals surface area contributed by atoms with Crippen LogP contribution in [0.1, 0.15) is 36.0 Å². The van der Waals surface area contributed by atoms with Gasteiger partial charge in [0.2, 0.25) is 6.29 Å². The molecule has 0 bridgehead atoms. The summed E-state index contributed by atoms with van der Waals surface area (Å²) in [7, 11) is 5.64. The van der Waals surface area contributed by atoms with Crippen molar-refractivity contribution < 1.29 is 58.0 Å². The van der Waals surface area contributed by atoms with Crippen LogP contribution in [0.4, 0.5) is 0 Å². The Morgan fingerprint density at radius 2 is 1.70 bits per heavy atom. The van der Waals surface area contributed by atoms with Crippen LogP contribution in [0.2, 0.25) is 0 Å². The fourth-order valence-corrected chi connectivity index (χ4v) is 7.26. The minimum Gasteiger partial charge on any atom is -0.497 e. The maximum Gasteiger partial charge on any atom is 0.312 e. The summed E-state index contributed by atoms with van der Waals surface area (Å²) in [5.41, 5.74) is -2.75. The zero-order chi connectivity index (χ0) is 33.5. The topological polar surface area (TPSA) is 152 Å². The van der Waals surface area contributed by atoms with Crippen molar-refractivity contribution in [3.05, 3.63) is 83.4 Å². The van der Waals surface area contributed by atoms with Crippen molar-refractivity contribution in [2.24, 2.45) is 5.92 Å². The zero-order valence-corrected chi connectivity index (χ0v) is 26.8. The van der Waals surface area contributed by atoms with Crippen LogP contribution in [0, 0.1) is 5.92 Å². The number of rotatable bonds is 10. The number of hydrogen-bond donors (Lipinski definition) is 3. The number of carbonyl (C=O) groups excluding carboxylic acids is 1. The molecule has 1 saturated carbocycles. The summed E-state index contributed by atoms with van der Waals surface area (Å²) in [6.07, 6.45) is -4.67. The molecule has 47 heavy (non-hydrogen) atoms. The smallest absolute Gasteiger partial charge is 0.312 e. The van der Waals surface area contributed by atoms with Crippen molar-refractivity contribution in [2.45, 2.75) is 61.4 Å². The number of carbonyl (C=O) groups is 1. The molecule has 0 radical (unpaired) electrons. The molecule has 12 heteroatoms. The van der Waals surface area contributed by atoms with E-state index in [1.165, 1.54) is 34.5 Å². The molecular formula is C35H40O12. The Morgan fingerprint density at radius 3 is 2.32 bits per heavy atom. The van der Waals surface area contributed by atoms with Gasteiger partial charge in [-0.05, 0) is 29.7 Å². The lowest BCUT2D eigenvalue weighted by Gasteiger charge is -2.40. The maximum absolute atomic E-state index is 13.5. The number of esters is 1. The maximum atomic E-state index is 13.5. The van der Waals surface area contributed by atoms with Gasteiger partial charge in [-0.2, -0.15) is 0 Å². The van der Waals surface area contributed by atoms with Gasteiger partial charge >= 0.3 is 5.97 Å². The number of ether oxygens (including phenoxy) is 8. The lowest BCUT2D eigenvalue weighted by molar-refractivity contribution is -0.323. The molecule has 0 amide bonds. The monoisotopic (exact) mass is 652 g/mol. The van der Waals surface area contributed by atoms with Crippen LogP contribution in [0.5, 0.6) is 23.0 Å². The molecule has 7 unspecified atom stereocenters. The summed E-state index contributed by atoms with van der Waals surface area (Å²) < 4.78 is 46.7. The summed E-state index contributed by atoms with van der Waals surface area (Å²) in [6, 6.07) is 19.1. The van der Waals surface area contributed by atoms with E-state index in [1.807, 2.05) is 37.3 Å². The van der Waals surface area contributed by atoms with Crippen LogP contribution in [0.3, 0.4) is 0 Å². The molecule has 3 N–H and O–H groups in total. The molecular weight excluding hydrogens is 612 g/mol. The summed E-state index contributed by atoms with van der Waals surface area (Å²) in [6.45, 7) is 1.94. The van der Waals surface area contributed by atoms with E-state index in [0.29, 0.717) is 23.3 Å². The first-order valence-electron chi connectivity index (χ1n) is 15.4. The van der Waals surface area contributed by atoms with Crippen LogP contribution in [-0.2, 0) is 34.9 Å². The van der Waals surface area contributed by atoms with Crippen molar-refractivity contribution in [1.29, 1.82) is 0 Å². The molecule has 3 aromatic rings. The van der Waals surface area contributed by atoms with Crippen LogP contribution in [0.15, 0.2) is 66.7 Å². The van der Waals surface area contributed by atoms with Gasteiger partial charge in [0.05, 0.1) is 45.5 Å². The van der Waals surface area contributed by atoms with Gasteiger partial charge in [0, 0.05) is 25.2 Å². The Kier molecular flexibility index (Phi) is 9.09. The highest BCUT2D eigenvalue weighted by Gasteiger charge is 2.78. The first-order valence-corrected chi connectivity index (χ1v) is 15.4. The lowest BCUT2D eigenvalue weighted by atomic mass is 9.70. The summed E-state index contributed by atoms with van der Waals surface area (Å²) >= 11 is 0. The molecule has 0 spiro atoms. The Hall–Kier alpha value is -3.91. The number of aliphatic hydroxyl groups excluding tert-OH is 2. The highest BCUT2D eigenvalue weighted by molar-refractivity contribution is 5.78. The first kappa shape index (κ1) is 33.0. The molecule has 1 aliphatic carbocycles. The molecule has 6 rings (SSSR count).